The maximum absolute atomic E-state index is 12.1. The van der Waals surface area contributed by atoms with Crippen molar-refractivity contribution in [3.63, 3.8) is 0 Å². The maximum atomic E-state index is 12.1. The van der Waals surface area contributed by atoms with Gasteiger partial charge in [0.25, 0.3) is 5.91 Å². The van der Waals surface area contributed by atoms with Crippen molar-refractivity contribution in [2.45, 2.75) is 25.8 Å². The van der Waals surface area contributed by atoms with Gasteiger partial charge in [-0.25, -0.2) is 0 Å². The topological polar surface area (TPSA) is 55.1 Å². The third-order valence-corrected chi connectivity index (χ3v) is 3.84. The Labute approximate surface area is 129 Å². The van der Waals surface area contributed by atoms with Crippen molar-refractivity contribution in [1.29, 1.82) is 0 Å². The summed E-state index contributed by atoms with van der Waals surface area (Å²) in [5.74, 6) is -0.180. The summed E-state index contributed by atoms with van der Waals surface area (Å²) < 4.78 is 1.64. The van der Waals surface area contributed by atoms with Gasteiger partial charge in [0.15, 0.2) is 0 Å². The Morgan fingerprint density at radius 1 is 1.50 bits per heavy atom. The molecule has 1 unspecified atom stereocenters. The summed E-state index contributed by atoms with van der Waals surface area (Å²) in [4.78, 5) is 12.4. The van der Waals surface area contributed by atoms with Crippen LogP contribution in [-0.2, 0) is 0 Å². The second kappa shape index (κ2) is 7.21. The first-order valence-corrected chi connectivity index (χ1v) is 7.50. The molecule has 1 amide bonds. The minimum Gasteiger partial charge on any atom is -0.392 e. The van der Waals surface area contributed by atoms with Crippen LogP contribution in [0.4, 0.5) is 0 Å². The third kappa shape index (κ3) is 4.33. The number of thiocarbonyl (C=S) groups is 1. The largest absolute Gasteiger partial charge is 0.392 e. The van der Waals surface area contributed by atoms with Crippen molar-refractivity contribution in [2.75, 3.05) is 0 Å². The Morgan fingerprint density at radius 2 is 2.17 bits per heavy atom. The molecule has 0 radical (unpaired) electrons. The van der Waals surface area contributed by atoms with Crippen molar-refractivity contribution < 1.29 is 4.79 Å². The lowest BCUT2D eigenvalue weighted by Crippen LogP contribution is -2.43. The van der Waals surface area contributed by atoms with Crippen LogP contribution in [0.1, 0.15) is 30.1 Å². The molecule has 0 saturated heterocycles. The monoisotopic (exact) mass is 392 g/mol. The third-order valence-electron chi connectivity index (χ3n) is 2.40. The van der Waals surface area contributed by atoms with Gasteiger partial charge in [-0.2, -0.15) is 0 Å². The molecule has 0 bridgehead atoms. The van der Waals surface area contributed by atoms with Gasteiger partial charge in [0.2, 0.25) is 0 Å². The summed E-state index contributed by atoms with van der Waals surface area (Å²) in [6.45, 7) is 2.02. The van der Waals surface area contributed by atoms with Crippen LogP contribution in [0.3, 0.4) is 0 Å². The average molecular weight is 394 g/mol. The molecule has 0 aliphatic carbocycles. The fourth-order valence-corrected chi connectivity index (χ4v) is 2.89. The van der Waals surface area contributed by atoms with E-state index in [1.165, 1.54) is 0 Å². The Bertz CT molecular complexity index is 465. The van der Waals surface area contributed by atoms with Gasteiger partial charge < -0.3 is 11.1 Å². The highest BCUT2D eigenvalue weighted by molar-refractivity contribution is 9.11. The molecule has 6 heteroatoms. The summed E-state index contributed by atoms with van der Waals surface area (Å²) in [7, 11) is 0. The highest BCUT2D eigenvalue weighted by Crippen LogP contribution is 2.22. The normalized spacial score (nSPS) is 11.9. The molecule has 98 valence electrons. The van der Waals surface area contributed by atoms with Crippen LogP contribution in [0, 0.1) is 0 Å². The first-order valence-electron chi connectivity index (χ1n) is 5.51. The predicted octanol–water partition coefficient (Wildman–Crippen LogP) is 3.40. The lowest BCUT2D eigenvalue weighted by atomic mass is 10.1. The van der Waals surface area contributed by atoms with Gasteiger partial charge in [0.05, 0.1) is 16.6 Å². The second-order valence-electron chi connectivity index (χ2n) is 3.84. The number of amides is 1. The van der Waals surface area contributed by atoms with Gasteiger partial charge in [-0.1, -0.05) is 41.5 Å². The molecule has 18 heavy (non-hydrogen) atoms. The van der Waals surface area contributed by atoms with Gasteiger partial charge in [-0.3, -0.25) is 4.79 Å². The Hall–Kier alpha value is -0.460. The number of carbonyl (C=O) groups is 1. The van der Waals surface area contributed by atoms with E-state index in [0.29, 0.717) is 10.6 Å². The molecule has 1 atom stereocenters. The highest BCUT2D eigenvalue weighted by Gasteiger charge is 2.17. The molecule has 1 rings (SSSR count). The molecule has 1 aromatic rings. The number of benzene rings is 1. The highest BCUT2D eigenvalue weighted by atomic mass is 79.9. The van der Waals surface area contributed by atoms with Crippen molar-refractivity contribution in [3.8, 4) is 0 Å². The number of nitrogens with two attached hydrogens (primary N) is 1. The van der Waals surface area contributed by atoms with Crippen LogP contribution in [0.15, 0.2) is 27.1 Å². The summed E-state index contributed by atoms with van der Waals surface area (Å²) in [5.41, 5.74) is 6.17. The molecule has 3 N–H and O–H groups in total. The van der Waals surface area contributed by atoms with Crippen LogP contribution < -0.4 is 11.1 Å². The number of rotatable bonds is 5. The molecule has 0 aliphatic rings. The number of hydrogen-bond acceptors (Lipinski definition) is 2. The molecular weight excluding hydrogens is 380 g/mol. The summed E-state index contributed by atoms with van der Waals surface area (Å²) >= 11 is 11.6. The van der Waals surface area contributed by atoms with Crippen LogP contribution in [0.25, 0.3) is 0 Å². The predicted molar refractivity (Wildman–Crippen MR) is 84.8 cm³/mol. The van der Waals surface area contributed by atoms with E-state index in [-0.39, 0.29) is 11.9 Å². The minimum absolute atomic E-state index is 0.180. The van der Waals surface area contributed by atoms with Gasteiger partial charge in [-0.05, 0) is 40.5 Å². The number of hydrogen-bond donors (Lipinski definition) is 2. The SMILES string of the molecule is CCCC(NC(=O)c1ccc(Br)cc1Br)C(N)=S. The van der Waals surface area contributed by atoms with E-state index in [4.69, 9.17) is 18.0 Å². The van der Waals surface area contributed by atoms with E-state index in [0.717, 1.165) is 21.8 Å². The lowest BCUT2D eigenvalue weighted by Gasteiger charge is -2.17. The van der Waals surface area contributed by atoms with Crippen molar-refractivity contribution in [2.24, 2.45) is 5.73 Å². The van der Waals surface area contributed by atoms with Crippen molar-refractivity contribution in [1.82, 2.24) is 5.32 Å². The molecular formula is C12H14Br2N2OS. The zero-order valence-electron chi connectivity index (χ0n) is 9.87. The smallest absolute Gasteiger partial charge is 0.252 e. The van der Waals surface area contributed by atoms with E-state index in [2.05, 4.69) is 37.2 Å². The van der Waals surface area contributed by atoms with E-state index in [1.807, 2.05) is 19.1 Å². The Morgan fingerprint density at radius 3 is 2.67 bits per heavy atom. The fourth-order valence-electron chi connectivity index (χ4n) is 1.48. The first-order chi connectivity index (χ1) is 8.45. The van der Waals surface area contributed by atoms with Gasteiger partial charge >= 0.3 is 0 Å². The molecule has 3 nitrogen and oxygen atoms in total. The minimum atomic E-state index is -0.256. The summed E-state index contributed by atoms with van der Waals surface area (Å²) in [6.07, 6.45) is 1.65. The Kier molecular flexibility index (Phi) is 6.25. The fraction of sp³-hybridized carbons (Fsp3) is 0.333. The van der Waals surface area contributed by atoms with Crippen molar-refractivity contribution >= 4 is 55.0 Å². The summed E-state index contributed by atoms with van der Waals surface area (Å²) in [6, 6.07) is 5.12. The number of halogens is 2. The summed E-state index contributed by atoms with van der Waals surface area (Å²) in [5, 5.41) is 2.84. The molecule has 0 spiro atoms. The van der Waals surface area contributed by atoms with Gasteiger partial charge in [0, 0.05) is 8.95 Å². The van der Waals surface area contributed by atoms with Gasteiger partial charge in [0.1, 0.15) is 0 Å². The molecule has 0 heterocycles. The molecule has 0 saturated carbocycles. The van der Waals surface area contributed by atoms with E-state index >= 15 is 0 Å². The van der Waals surface area contributed by atoms with E-state index in [9.17, 15) is 4.79 Å². The molecule has 0 aromatic heterocycles. The maximum Gasteiger partial charge on any atom is 0.252 e. The quantitative estimate of drug-likeness (QED) is 0.753. The van der Waals surface area contributed by atoms with Crippen molar-refractivity contribution in [3.05, 3.63) is 32.7 Å². The van der Waals surface area contributed by atoms with Crippen LogP contribution in [-0.4, -0.2) is 16.9 Å². The van der Waals surface area contributed by atoms with Gasteiger partial charge in [-0.15, -0.1) is 0 Å². The van der Waals surface area contributed by atoms with E-state index < -0.39 is 0 Å². The molecule has 1 aromatic carbocycles. The number of carbonyl (C=O) groups excluding carboxylic acids is 1. The standard InChI is InChI=1S/C12H14Br2N2OS/c1-2-3-10(11(15)18)16-12(17)8-5-4-7(13)6-9(8)14/h4-6,10H,2-3H2,1H3,(H2,15,18)(H,16,17). The van der Waals surface area contributed by atoms with E-state index in [1.54, 1.807) is 6.07 Å². The van der Waals surface area contributed by atoms with Crippen LogP contribution >= 0.6 is 44.1 Å². The zero-order chi connectivity index (χ0) is 13.7. The molecule has 0 aliphatic heterocycles. The molecule has 0 fully saturated rings. The van der Waals surface area contributed by atoms with Crippen LogP contribution in [0.2, 0.25) is 0 Å². The first kappa shape index (κ1) is 15.6. The lowest BCUT2D eigenvalue weighted by molar-refractivity contribution is 0.0945. The zero-order valence-corrected chi connectivity index (χ0v) is 13.9. The second-order valence-corrected chi connectivity index (χ2v) is 6.08. The Balaban J connectivity index is 2.83. The number of nitrogens with one attached hydrogen (secondary N) is 1. The average Bonchev–Trinajstić information content (AvgIpc) is 2.27. The van der Waals surface area contributed by atoms with Crippen LogP contribution in [0.5, 0.6) is 0 Å².